The number of para-hydroxylation sites is 1. The molecule has 0 bridgehead atoms. The fourth-order valence-corrected chi connectivity index (χ4v) is 2.37. The van der Waals surface area contributed by atoms with E-state index in [0.29, 0.717) is 6.54 Å². The fraction of sp³-hybridized carbons (Fsp3) is 0.294. The molecule has 0 aliphatic rings. The van der Waals surface area contributed by atoms with Crippen molar-refractivity contribution in [3.05, 3.63) is 58.1 Å². The molecule has 2 N–H and O–H groups in total. The molecule has 0 aromatic heterocycles. The van der Waals surface area contributed by atoms with Crippen molar-refractivity contribution >= 4 is 21.6 Å². The molecule has 0 spiro atoms. The normalized spacial score (nSPS) is 12.0. The molecule has 0 saturated carbocycles. The van der Waals surface area contributed by atoms with Gasteiger partial charge in [-0.25, -0.2) is 0 Å². The summed E-state index contributed by atoms with van der Waals surface area (Å²) >= 11 is 3.46. The minimum atomic E-state index is -0.572. The number of aliphatic hydroxyl groups excluding tert-OH is 1. The highest BCUT2D eigenvalue weighted by Crippen LogP contribution is 2.21. The van der Waals surface area contributed by atoms with Crippen molar-refractivity contribution < 1.29 is 9.84 Å². The third kappa shape index (κ3) is 4.76. The smallest absolute Gasteiger partial charge is 0.122 e. The first-order valence-electron chi connectivity index (χ1n) is 6.93. The van der Waals surface area contributed by atoms with Crippen LogP contribution in [-0.4, -0.2) is 24.4 Å². The van der Waals surface area contributed by atoms with E-state index in [-0.39, 0.29) is 6.61 Å². The van der Waals surface area contributed by atoms with Gasteiger partial charge in [-0.05, 0) is 59.1 Å². The zero-order valence-electron chi connectivity index (χ0n) is 12.3. The van der Waals surface area contributed by atoms with E-state index < -0.39 is 6.10 Å². The van der Waals surface area contributed by atoms with Crippen LogP contribution in [0.4, 0.5) is 5.69 Å². The summed E-state index contributed by atoms with van der Waals surface area (Å²) in [6, 6.07) is 13.9. The molecule has 4 heteroatoms. The maximum atomic E-state index is 10.0. The molecule has 3 nitrogen and oxygen atoms in total. The van der Waals surface area contributed by atoms with Crippen LogP contribution in [-0.2, 0) is 0 Å². The lowest BCUT2D eigenvalue weighted by molar-refractivity contribution is 0.117. The monoisotopic (exact) mass is 349 g/mol. The quantitative estimate of drug-likeness (QED) is 0.830. The molecule has 0 aliphatic carbocycles. The lowest BCUT2D eigenvalue weighted by atomic mass is 10.1. The molecule has 21 heavy (non-hydrogen) atoms. The van der Waals surface area contributed by atoms with Crippen LogP contribution in [0.5, 0.6) is 5.75 Å². The van der Waals surface area contributed by atoms with Crippen LogP contribution >= 0.6 is 15.9 Å². The van der Waals surface area contributed by atoms with Crippen LogP contribution in [0.2, 0.25) is 0 Å². The van der Waals surface area contributed by atoms with Crippen LogP contribution in [0.3, 0.4) is 0 Å². The number of ether oxygens (including phenoxy) is 1. The zero-order valence-corrected chi connectivity index (χ0v) is 13.9. The van der Waals surface area contributed by atoms with Gasteiger partial charge in [0, 0.05) is 16.7 Å². The highest BCUT2D eigenvalue weighted by molar-refractivity contribution is 9.10. The predicted molar refractivity (Wildman–Crippen MR) is 90.0 cm³/mol. The first kappa shape index (κ1) is 15.9. The summed E-state index contributed by atoms with van der Waals surface area (Å²) in [5.74, 6) is 0.829. The highest BCUT2D eigenvalue weighted by Gasteiger charge is 2.08. The van der Waals surface area contributed by atoms with E-state index in [1.165, 1.54) is 0 Å². The Labute approximate surface area is 134 Å². The van der Waals surface area contributed by atoms with Crippen molar-refractivity contribution in [3.63, 3.8) is 0 Å². The number of aryl methyl sites for hydroxylation is 2. The van der Waals surface area contributed by atoms with Gasteiger partial charge in [0.1, 0.15) is 18.5 Å². The molecule has 0 radical (unpaired) electrons. The van der Waals surface area contributed by atoms with E-state index in [0.717, 1.165) is 27.0 Å². The lowest BCUT2D eigenvalue weighted by Crippen LogP contribution is -2.26. The molecular weight excluding hydrogens is 330 g/mol. The molecule has 0 fully saturated rings. The molecule has 1 unspecified atom stereocenters. The molecule has 0 amide bonds. The average molecular weight is 350 g/mol. The van der Waals surface area contributed by atoms with Crippen LogP contribution in [0.15, 0.2) is 46.9 Å². The number of aliphatic hydroxyl groups is 1. The summed E-state index contributed by atoms with van der Waals surface area (Å²) in [6.07, 6.45) is -0.572. The number of halogens is 1. The Hall–Kier alpha value is -1.52. The summed E-state index contributed by atoms with van der Waals surface area (Å²) in [5.41, 5.74) is 3.19. The molecule has 0 heterocycles. The van der Waals surface area contributed by atoms with Crippen molar-refractivity contribution in [2.24, 2.45) is 0 Å². The number of hydrogen-bond acceptors (Lipinski definition) is 3. The third-order valence-electron chi connectivity index (χ3n) is 3.18. The molecule has 1 atom stereocenters. The van der Waals surface area contributed by atoms with Crippen molar-refractivity contribution in [1.29, 1.82) is 0 Å². The highest BCUT2D eigenvalue weighted by atomic mass is 79.9. The first-order chi connectivity index (χ1) is 10.1. The second-order valence-electron chi connectivity index (χ2n) is 5.09. The molecule has 2 aromatic carbocycles. The number of rotatable bonds is 6. The van der Waals surface area contributed by atoms with E-state index in [4.69, 9.17) is 4.74 Å². The van der Waals surface area contributed by atoms with Crippen LogP contribution in [0.1, 0.15) is 11.1 Å². The number of benzene rings is 2. The summed E-state index contributed by atoms with van der Waals surface area (Å²) in [5, 5.41) is 13.2. The van der Waals surface area contributed by atoms with Gasteiger partial charge in [0.2, 0.25) is 0 Å². The van der Waals surface area contributed by atoms with E-state index in [1.54, 1.807) is 0 Å². The molecule has 2 rings (SSSR count). The van der Waals surface area contributed by atoms with Gasteiger partial charge in [0.15, 0.2) is 0 Å². The minimum absolute atomic E-state index is 0.266. The molecular formula is C17H20BrNO2. The van der Waals surface area contributed by atoms with Gasteiger partial charge < -0.3 is 15.2 Å². The summed E-state index contributed by atoms with van der Waals surface area (Å²) in [4.78, 5) is 0. The Morgan fingerprint density at radius 1 is 1.19 bits per heavy atom. The second-order valence-corrected chi connectivity index (χ2v) is 5.95. The van der Waals surface area contributed by atoms with Crippen molar-refractivity contribution in [2.75, 3.05) is 18.5 Å². The Morgan fingerprint density at radius 2 is 1.95 bits per heavy atom. The average Bonchev–Trinajstić information content (AvgIpc) is 2.47. The zero-order chi connectivity index (χ0) is 15.2. The third-order valence-corrected chi connectivity index (χ3v) is 3.87. The fourth-order valence-electron chi connectivity index (χ4n) is 1.94. The summed E-state index contributed by atoms with van der Waals surface area (Å²) < 4.78 is 6.68. The Morgan fingerprint density at radius 3 is 2.71 bits per heavy atom. The van der Waals surface area contributed by atoms with E-state index in [2.05, 4.69) is 21.2 Å². The maximum Gasteiger partial charge on any atom is 0.122 e. The predicted octanol–water partition coefficient (Wildman–Crippen LogP) is 3.92. The van der Waals surface area contributed by atoms with E-state index in [9.17, 15) is 5.11 Å². The van der Waals surface area contributed by atoms with E-state index >= 15 is 0 Å². The SMILES string of the molecule is Cc1ccc(C)c(OCC(O)CNc2ccccc2Br)c1. The van der Waals surface area contributed by atoms with Crippen LogP contribution < -0.4 is 10.1 Å². The minimum Gasteiger partial charge on any atom is -0.491 e. The van der Waals surface area contributed by atoms with Gasteiger partial charge in [0.25, 0.3) is 0 Å². The Kier molecular flexibility index (Phi) is 5.65. The van der Waals surface area contributed by atoms with Crippen molar-refractivity contribution in [1.82, 2.24) is 0 Å². The molecule has 0 aliphatic heterocycles. The molecule has 2 aromatic rings. The van der Waals surface area contributed by atoms with Gasteiger partial charge in [-0.3, -0.25) is 0 Å². The number of nitrogens with one attached hydrogen (secondary N) is 1. The number of hydrogen-bond donors (Lipinski definition) is 2. The second kappa shape index (κ2) is 7.48. The molecule has 0 saturated heterocycles. The van der Waals surface area contributed by atoms with Gasteiger partial charge in [-0.1, -0.05) is 24.3 Å². The largest absolute Gasteiger partial charge is 0.491 e. The lowest BCUT2D eigenvalue weighted by Gasteiger charge is -2.16. The van der Waals surface area contributed by atoms with Crippen LogP contribution in [0.25, 0.3) is 0 Å². The summed E-state index contributed by atoms with van der Waals surface area (Å²) in [6.45, 7) is 4.73. The van der Waals surface area contributed by atoms with Gasteiger partial charge >= 0.3 is 0 Å². The van der Waals surface area contributed by atoms with Gasteiger partial charge in [0.05, 0.1) is 0 Å². The van der Waals surface area contributed by atoms with Crippen molar-refractivity contribution in [3.8, 4) is 5.75 Å². The topological polar surface area (TPSA) is 41.5 Å². The van der Waals surface area contributed by atoms with E-state index in [1.807, 2.05) is 56.3 Å². The molecule has 112 valence electrons. The van der Waals surface area contributed by atoms with Crippen molar-refractivity contribution in [2.45, 2.75) is 20.0 Å². The first-order valence-corrected chi connectivity index (χ1v) is 7.72. The Balaban J connectivity index is 1.84. The Bertz CT molecular complexity index is 601. The van der Waals surface area contributed by atoms with Gasteiger partial charge in [-0.15, -0.1) is 0 Å². The standard InChI is InChI=1S/C17H20BrNO2/c1-12-7-8-13(2)17(9-12)21-11-14(20)10-19-16-6-4-3-5-15(16)18/h3-9,14,19-20H,10-11H2,1-2H3. The number of anilines is 1. The summed E-state index contributed by atoms with van der Waals surface area (Å²) in [7, 11) is 0. The maximum absolute atomic E-state index is 10.0. The van der Waals surface area contributed by atoms with Crippen LogP contribution in [0, 0.1) is 13.8 Å². The van der Waals surface area contributed by atoms with Gasteiger partial charge in [-0.2, -0.15) is 0 Å².